The highest BCUT2D eigenvalue weighted by Crippen LogP contribution is 2.27. The monoisotopic (exact) mass is 166 g/mol. The lowest BCUT2D eigenvalue weighted by Gasteiger charge is -2.23. The molecule has 0 fully saturated rings. The number of Topliss-reactive ketones (excluding diaryl/α,β-unsaturated/α-hetero) is 1. The quantitative estimate of drug-likeness (QED) is 0.616. The Kier molecular flexibility index (Phi) is 3.07. The van der Waals surface area contributed by atoms with Gasteiger partial charge in [0.2, 0.25) is 0 Å². The first-order chi connectivity index (χ1) is 5.65. The molecule has 0 aliphatic heterocycles. The predicted molar refractivity (Wildman–Crippen MR) is 50.9 cm³/mol. The largest absolute Gasteiger partial charge is 0.295 e. The maximum absolute atomic E-state index is 11.5. The summed E-state index contributed by atoms with van der Waals surface area (Å²) in [6.45, 7) is 6.45. The molecule has 1 unspecified atom stereocenters. The molecule has 0 spiro atoms. The van der Waals surface area contributed by atoms with Crippen molar-refractivity contribution in [2.75, 3.05) is 0 Å². The molecule has 0 saturated carbocycles. The maximum Gasteiger partial charge on any atom is 0.158 e. The van der Waals surface area contributed by atoms with Crippen LogP contribution in [0.3, 0.4) is 0 Å². The normalized spacial score (nSPS) is 24.5. The Morgan fingerprint density at radius 1 is 1.58 bits per heavy atom. The molecular weight excluding hydrogens is 148 g/mol. The highest BCUT2D eigenvalue weighted by atomic mass is 16.1. The van der Waals surface area contributed by atoms with E-state index < -0.39 is 0 Å². The van der Waals surface area contributed by atoms with Gasteiger partial charge in [-0.15, -0.1) is 0 Å². The van der Waals surface area contributed by atoms with Gasteiger partial charge in [0.1, 0.15) is 0 Å². The van der Waals surface area contributed by atoms with Crippen molar-refractivity contribution >= 4 is 5.78 Å². The lowest BCUT2D eigenvalue weighted by atomic mass is 9.81. The van der Waals surface area contributed by atoms with Crippen molar-refractivity contribution in [3.63, 3.8) is 0 Å². The molecule has 0 radical (unpaired) electrons. The average Bonchev–Trinajstić information content (AvgIpc) is 2.04. The second-order valence-corrected chi connectivity index (χ2v) is 3.95. The summed E-state index contributed by atoms with van der Waals surface area (Å²) >= 11 is 0. The topological polar surface area (TPSA) is 17.1 Å². The van der Waals surface area contributed by atoms with Gasteiger partial charge in [-0.05, 0) is 30.3 Å². The smallest absolute Gasteiger partial charge is 0.158 e. The highest BCUT2D eigenvalue weighted by molar-refractivity contribution is 5.96. The summed E-state index contributed by atoms with van der Waals surface area (Å²) < 4.78 is 0. The van der Waals surface area contributed by atoms with Crippen LogP contribution < -0.4 is 0 Å². The summed E-state index contributed by atoms with van der Waals surface area (Å²) in [5.41, 5.74) is 1.05. The minimum Gasteiger partial charge on any atom is -0.295 e. The Hall–Kier alpha value is -0.590. The molecule has 1 atom stereocenters. The Morgan fingerprint density at radius 2 is 2.25 bits per heavy atom. The van der Waals surface area contributed by atoms with E-state index >= 15 is 0 Å². The van der Waals surface area contributed by atoms with Crippen LogP contribution in [0.4, 0.5) is 0 Å². The van der Waals surface area contributed by atoms with E-state index in [9.17, 15) is 4.79 Å². The number of ketones is 1. The fourth-order valence-electron chi connectivity index (χ4n) is 1.71. The summed E-state index contributed by atoms with van der Waals surface area (Å²) in [7, 11) is 0. The first-order valence-corrected chi connectivity index (χ1v) is 4.87. The van der Waals surface area contributed by atoms with Gasteiger partial charge in [-0.2, -0.15) is 0 Å². The number of hydrogen-bond donors (Lipinski definition) is 0. The third-order valence-corrected chi connectivity index (χ3v) is 2.80. The maximum atomic E-state index is 11.5. The number of hydrogen-bond acceptors (Lipinski definition) is 1. The van der Waals surface area contributed by atoms with Gasteiger partial charge in [0, 0.05) is 6.42 Å². The molecule has 1 heteroatoms. The minimum atomic E-state index is 0.377. The van der Waals surface area contributed by atoms with Crippen LogP contribution in [0.15, 0.2) is 11.6 Å². The molecule has 0 bridgehead atoms. The van der Waals surface area contributed by atoms with E-state index in [4.69, 9.17) is 0 Å². The zero-order valence-corrected chi connectivity index (χ0v) is 8.26. The molecule has 0 N–H and O–H groups in total. The van der Waals surface area contributed by atoms with Crippen molar-refractivity contribution in [1.82, 2.24) is 0 Å². The van der Waals surface area contributed by atoms with Crippen molar-refractivity contribution in [3.05, 3.63) is 11.6 Å². The zero-order valence-electron chi connectivity index (χ0n) is 8.26. The van der Waals surface area contributed by atoms with Gasteiger partial charge in [-0.3, -0.25) is 4.79 Å². The molecular formula is C11H18O. The van der Waals surface area contributed by atoms with Crippen molar-refractivity contribution in [2.24, 2.45) is 11.8 Å². The Labute approximate surface area is 74.9 Å². The number of carbonyl (C=O) groups is 1. The lowest BCUT2D eigenvalue weighted by molar-refractivity contribution is -0.117. The molecule has 12 heavy (non-hydrogen) atoms. The Bertz CT molecular complexity index is 201. The first-order valence-electron chi connectivity index (χ1n) is 4.87. The van der Waals surface area contributed by atoms with Gasteiger partial charge in [-0.1, -0.05) is 26.8 Å². The predicted octanol–water partition coefficient (Wildman–Crippen LogP) is 2.96. The molecule has 1 nitrogen and oxygen atoms in total. The fraction of sp³-hybridized carbons (Fsp3) is 0.727. The number of carbonyl (C=O) groups excluding carboxylic acids is 1. The van der Waals surface area contributed by atoms with Crippen LogP contribution in [0.5, 0.6) is 0 Å². The number of rotatable bonds is 2. The van der Waals surface area contributed by atoms with Gasteiger partial charge in [0.05, 0.1) is 0 Å². The van der Waals surface area contributed by atoms with Crippen LogP contribution in [0.25, 0.3) is 0 Å². The van der Waals surface area contributed by atoms with Crippen LogP contribution in [-0.2, 0) is 4.79 Å². The molecule has 0 aromatic heterocycles. The van der Waals surface area contributed by atoms with E-state index in [1.54, 1.807) is 0 Å². The molecule has 1 aliphatic rings. The molecule has 1 rings (SSSR count). The van der Waals surface area contributed by atoms with Crippen LogP contribution in [0.1, 0.15) is 40.0 Å². The Balaban J connectivity index is 2.63. The van der Waals surface area contributed by atoms with E-state index in [1.807, 2.05) is 0 Å². The van der Waals surface area contributed by atoms with Gasteiger partial charge in [0.15, 0.2) is 5.78 Å². The summed E-state index contributed by atoms with van der Waals surface area (Å²) in [6.07, 6.45) is 4.92. The van der Waals surface area contributed by atoms with E-state index in [1.165, 1.54) is 0 Å². The molecule has 0 heterocycles. The molecule has 0 aromatic carbocycles. The molecule has 0 amide bonds. The van der Waals surface area contributed by atoms with Gasteiger partial charge < -0.3 is 0 Å². The molecule has 68 valence electrons. The minimum absolute atomic E-state index is 0.377. The molecule has 0 saturated heterocycles. The van der Waals surface area contributed by atoms with Crippen LogP contribution >= 0.6 is 0 Å². The second kappa shape index (κ2) is 3.88. The average molecular weight is 166 g/mol. The molecule has 1 aliphatic carbocycles. The fourth-order valence-corrected chi connectivity index (χ4v) is 1.71. The number of allylic oxidation sites excluding steroid dienone is 2. The van der Waals surface area contributed by atoms with Crippen LogP contribution in [-0.4, -0.2) is 5.78 Å². The van der Waals surface area contributed by atoms with Crippen molar-refractivity contribution < 1.29 is 4.79 Å². The highest BCUT2D eigenvalue weighted by Gasteiger charge is 2.22. The summed E-state index contributed by atoms with van der Waals surface area (Å²) in [5.74, 6) is 1.61. The van der Waals surface area contributed by atoms with Gasteiger partial charge in [0.25, 0.3) is 0 Å². The van der Waals surface area contributed by atoms with E-state index in [0.717, 1.165) is 24.8 Å². The van der Waals surface area contributed by atoms with Crippen molar-refractivity contribution in [1.29, 1.82) is 0 Å². The van der Waals surface area contributed by atoms with E-state index in [0.29, 0.717) is 17.6 Å². The van der Waals surface area contributed by atoms with E-state index in [2.05, 4.69) is 26.8 Å². The summed E-state index contributed by atoms with van der Waals surface area (Å²) in [5, 5.41) is 0. The first kappa shape index (κ1) is 9.50. The lowest BCUT2D eigenvalue weighted by Crippen LogP contribution is -2.19. The van der Waals surface area contributed by atoms with Crippen molar-refractivity contribution in [3.8, 4) is 0 Å². The Morgan fingerprint density at radius 3 is 2.67 bits per heavy atom. The van der Waals surface area contributed by atoms with Crippen molar-refractivity contribution in [2.45, 2.75) is 40.0 Å². The van der Waals surface area contributed by atoms with Crippen LogP contribution in [0, 0.1) is 11.8 Å². The third kappa shape index (κ3) is 1.96. The standard InChI is InChI=1S/C11H18O/c1-4-9-5-6-10(8(2)3)7-11(9)12/h5,8,10H,4,6-7H2,1-3H3. The SMILES string of the molecule is CCC1=CCC(C(C)C)CC1=O. The summed E-state index contributed by atoms with van der Waals surface area (Å²) in [4.78, 5) is 11.5. The molecule has 0 aromatic rings. The van der Waals surface area contributed by atoms with Gasteiger partial charge in [-0.25, -0.2) is 0 Å². The van der Waals surface area contributed by atoms with E-state index in [-0.39, 0.29) is 0 Å². The second-order valence-electron chi connectivity index (χ2n) is 3.95. The zero-order chi connectivity index (χ0) is 9.14. The van der Waals surface area contributed by atoms with Crippen LogP contribution in [0.2, 0.25) is 0 Å². The summed E-state index contributed by atoms with van der Waals surface area (Å²) in [6, 6.07) is 0. The third-order valence-electron chi connectivity index (χ3n) is 2.80. The van der Waals surface area contributed by atoms with Gasteiger partial charge >= 0.3 is 0 Å².